The zero-order valence-corrected chi connectivity index (χ0v) is 16.5. The first-order valence-electron chi connectivity index (χ1n) is 8.88. The number of ether oxygens (including phenoxy) is 2. The van der Waals surface area contributed by atoms with Gasteiger partial charge in [0.1, 0.15) is 5.75 Å². The average Bonchev–Trinajstić information content (AvgIpc) is 2.67. The number of hydrogen-bond donors (Lipinski definition) is 2. The van der Waals surface area contributed by atoms with E-state index in [4.69, 9.17) is 14.6 Å². The van der Waals surface area contributed by atoms with Crippen molar-refractivity contribution in [2.24, 2.45) is 5.14 Å². The average molecular weight is 402 g/mol. The van der Waals surface area contributed by atoms with Crippen LogP contribution in [-0.4, -0.2) is 27.1 Å². The maximum atomic E-state index is 13.0. The van der Waals surface area contributed by atoms with E-state index in [1.807, 2.05) is 26.0 Å². The van der Waals surface area contributed by atoms with Crippen LogP contribution in [0.5, 0.6) is 5.75 Å². The predicted molar refractivity (Wildman–Crippen MR) is 106 cm³/mol. The zero-order chi connectivity index (χ0) is 20.3. The highest BCUT2D eigenvalue weighted by Crippen LogP contribution is 2.32. The highest BCUT2D eigenvalue weighted by atomic mass is 32.2. The topological polar surface area (TPSA) is 108 Å². The lowest BCUT2D eigenvalue weighted by Crippen LogP contribution is -2.33. The lowest BCUT2D eigenvalue weighted by atomic mass is 9.97. The maximum Gasteiger partial charge on any atom is 0.238 e. The Morgan fingerprint density at radius 3 is 2.50 bits per heavy atom. The summed E-state index contributed by atoms with van der Waals surface area (Å²) >= 11 is 0. The number of benzene rings is 2. The Bertz CT molecular complexity index is 1010. The molecule has 7 nitrogen and oxygen atoms in total. The van der Waals surface area contributed by atoms with Crippen molar-refractivity contribution in [1.82, 2.24) is 0 Å². The predicted octanol–water partition coefficient (Wildman–Crippen LogP) is 2.83. The van der Waals surface area contributed by atoms with Crippen LogP contribution < -0.4 is 15.2 Å². The number of carbonyl (C=O) groups is 1. The summed E-state index contributed by atoms with van der Waals surface area (Å²) in [6, 6.07) is 11.4. The van der Waals surface area contributed by atoms with Gasteiger partial charge >= 0.3 is 0 Å². The first kappa shape index (κ1) is 20.1. The molecule has 1 unspecified atom stereocenters. The third kappa shape index (κ3) is 4.24. The molecule has 0 bridgehead atoms. The Morgan fingerprint density at radius 2 is 1.89 bits per heavy atom. The monoisotopic (exact) mass is 402 g/mol. The van der Waals surface area contributed by atoms with Gasteiger partial charge in [-0.2, -0.15) is 0 Å². The summed E-state index contributed by atoms with van der Waals surface area (Å²) < 4.78 is 34.1. The van der Waals surface area contributed by atoms with E-state index in [2.05, 4.69) is 5.32 Å². The Kier molecular flexibility index (Phi) is 5.83. The van der Waals surface area contributed by atoms with Crippen LogP contribution >= 0.6 is 0 Å². The highest BCUT2D eigenvalue weighted by molar-refractivity contribution is 7.89. The zero-order valence-electron chi connectivity index (χ0n) is 15.6. The van der Waals surface area contributed by atoms with Crippen molar-refractivity contribution in [3.05, 3.63) is 65.4 Å². The maximum absolute atomic E-state index is 13.0. The quantitative estimate of drug-likeness (QED) is 0.720. The van der Waals surface area contributed by atoms with Crippen molar-refractivity contribution in [1.29, 1.82) is 0 Å². The van der Waals surface area contributed by atoms with Gasteiger partial charge in [-0.15, -0.1) is 0 Å². The first-order valence-corrected chi connectivity index (χ1v) is 10.4. The van der Waals surface area contributed by atoms with Crippen molar-refractivity contribution in [2.75, 3.05) is 11.9 Å². The number of fused-ring (bicyclic) bond motifs is 1. The molecule has 1 aliphatic rings. The van der Waals surface area contributed by atoms with Crippen LogP contribution in [0.1, 0.15) is 29.8 Å². The number of aryl methyl sites for hydroxylation is 1. The summed E-state index contributed by atoms with van der Waals surface area (Å²) in [6.07, 6.45) is 1.51. The van der Waals surface area contributed by atoms with Crippen molar-refractivity contribution in [3.8, 4) is 5.75 Å². The molecule has 148 valence electrons. The largest absolute Gasteiger partial charge is 0.460 e. The van der Waals surface area contributed by atoms with E-state index in [1.54, 1.807) is 18.2 Å². The summed E-state index contributed by atoms with van der Waals surface area (Å²) in [5.41, 5.74) is 2.46. The normalized spacial score (nSPS) is 17.9. The minimum absolute atomic E-state index is 0.0102. The summed E-state index contributed by atoms with van der Waals surface area (Å²) in [5, 5.41) is 8.09. The molecule has 2 aromatic carbocycles. The minimum atomic E-state index is -3.76. The number of carbonyl (C=O) groups excluding carboxylic acids is 1. The summed E-state index contributed by atoms with van der Waals surface area (Å²) in [6.45, 7) is 4.21. The second kappa shape index (κ2) is 8.14. The van der Waals surface area contributed by atoms with E-state index >= 15 is 0 Å². The van der Waals surface area contributed by atoms with Gasteiger partial charge < -0.3 is 14.8 Å². The van der Waals surface area contributed by atoms with E-state index < -0.39 is 16.3 Å². The molecule has 1 atom stereocenters. The molecule has 8 heteroatoms. The molecule has 0 aromatic heterocycles. The smallest absolute Gasteiger partial charge is 0.238 e. The molecule has 0 fully saturated rings. The molecular weight excluding hydrogens is 380 g/mol. The van der Waals surface area contributed by atoms with E-state index in [0.717, 1.165) is 12.0 Å². The van der Waals surface area contributed by atoms with Crippen molar-refractivity contribution in [2.45, 2.75) is 31.5 Å². The standard InChI is InChI=1S/C20H22N2O5S/c1-3-13-5-10-18-16(11-13)19(23)17(20(27-18)26-4-2)12-22-14-6-8-15(9-7-14)28(21,24)25/h5-12,20,22H,3-4H2,1-2H3,(H2,21,24,25)/b17-12-. The van der Waals surface area contributed by atoms with Crippen molar-refractivity contribution >= 4 is 21.5 Å². The number of sulfonamides is 1. The lowest BCUT2D eigenvalue weighted by molar-refractivity contribution is -0.0509. The Labute approximate surface area is 164 Å². The number of hydrogen-bond acceptors (Lipinski definition) is 6. The van der Waals surface area contributed by atoms with Gasteiger partial charge in [0.05, 0.1) is 16.0 Å². The third-order valence-corrected chi connectivity index (χ3v) is 5.27. The molecule has 2 aromatic rings. The van der Waals surface area contributed by atoms with Gasteiger partial charge in [0.2, 0.25) is 16.3 Å². The lowest BCUT2D eigenvalue weighted by Gasteiger charge is -2.27. The van der Waals surface area contributed by atoms with E-state index in [-0.39, 0.29) is 10.7 Å². The van der Waals surface area contributed by atoms with Gasteiger partial charge in [0, 0.05) is 18.5 Å². The number of anilines is 1. The molecule has 3 rings (SSSR count). The summed E-state index contributed by atoms with van der Waals surface area (Å²) in [4.78, 5) is 13.0. The second-order valence-corrected chi connectivity index (χ2v) is 7.79. The second-order valence-electron chi connectivity index (χ2n) is 6.23. The fourth-order valence-corrected chi connectivity index (χ4v) is 3.34. The number of nitrogens with one attached hydrogen (secondary N) is 1. The number of ketones is 1. The highest BCUT2D eigenvalue weighted by Gasteiger charge is 2.32. The van der Waals surface area contributed by atoms with Crippen LogP contribution in [0.2, 0.25) is 0 Å². The summed E-state index contributed by atoms with van der Waals surface area (Å²) in [7, 11) is -3.76. The minimum Gasteiger partial charge on any atom is -0.460 e. The number of nitrogens with two attached hydrogens (primary N) is 1. The van der Waals surface area contributed by atoms with Crippen LogP contribution in [0.4, 0.5) is 5.69 Å². The molecule has 0 radical (unpaired) electrons. The molecule has 3 N–H and O–H groups in total. The first-order chi connectivity index (χ1) is 13.3. The van der Waals surface area contributed by atoms with Crippen LogP contribution in [0.15, 0.2) is 59.1 Å². The fraction of sp³-hybridized carbons (Fsp3) is 0.250. The van der Waals surface area contributed by atoms with Crippen molar-refractivity contribution < 1.29 is 22.7 Å². The SMILES string of the molecule is CCOC1Oc2ccc(CC)cc2C(=O)/C1=C/Nc1ccc(S(N)(=O)=O)cc1. The fourth-order valence-electron chi connectivity index (χ4n) is 2.83. The van der Waals surface area contributed by atoms with Crippen LogP contribution in [0, 0.1) is 0 Å². The van der Waals surface area contributed by atoms with Gasteiger partial charge in [0.25, 0.3) is 0 Å². The number of primary sulfonamides is 1. The molecule has 0 spiro atoms. The number of Topliss-reactive ketones (excluding diaryl/α,β-unsaturated/α-hetero) is 1. The van der Waals surface area contributed by atoms with Crippen molar-refractivity contribution in [3.63, 3.8) is 0 Å². The third-order valence-electron chi connectivity index (χ3n) is 4.34. The van der Waals surface area contributed by atoms with E-state index in [1.165, 1.54) is 18.3 Å². The van der Waals surface area contributed by atoms with Gasteiger partial charge in [-0.05, 0) is 55.3 Å². The van der Waals surface area contributed by atoms with Gasteiger partial charge in [0.15, 0.2) is 5.78 Å². The number of rotatable bonds is 6. The molecule has 0 aliphatic carbocycles. The molecule has 0 amide bonds. The molecule has 0 saturated heterocycles. The summed E-state index contributed by atoms with van der Waals surface area (Å²) in [5.74, 6) is 0.318. The van der Waals surface area contributed by atoms with E-state index in [0.29, 0.717) is 29.2 Å². The van der Waals surface area contributed by atoms with Crippen LogP contribution in [0.3, 0.4) is 0 Å². The molecule has 28 heavy (non-hydrogen) atoms. The van der Waals surface area contributed by atoms with Crippen LogP contribution in [0.25, 0.3) is 0 Å². The Morgan fingerprint density at radius 1 is 1.18 bits per heavy atom. The molecule has 1 heterocycles. The Hall–Kier alpha value is -2.68. The molecular formula is C20H22N2O5S. The molecule has 0 saturated carbocycles. The Balaban J connectivity index is 1.90. The molecule has 1 aliphatic heterocycles. The van der Waals surface area contributed by atoms with Gasteiger partial charge in [-0.1, -0.05) is 13.0 Å². The van der Waals surface area contributed by atoms with Gasteiger partial charge in [-0.25, -0.2) is 13.6 Å². The van der Waals surface area contributed by atoms with Gasteiger partial charge in [-0.3, -0.25) is 4.79 Å². The van der Waals surface area contributed by atoms with Crippen LogP contribution in [-0.2, 0) is 21.2 Å². The van der Waals surface area contributed by atoms with E-state index in [9.17, 15) is 13.2 Å².